The van der Waals surface area contributed by atoms with Gasteiger partial charge < -0.3 is 24.8 Å². The van der Waals surface area contributed by atoms with Gasteiger partial charge in [0, 0.05) is 0 Å². The summed E-state index contributed by atoms with van der Waals surface area (Å²) in [6.45, 7) is 18.3. The standard InChI is InChI=1S/2C30H35.C2H6Si.2ClH.Zr/c2*1-30(2,3)26-9-7-22(8-10-26)27-6-4-5-23-12-21(18-29(23)27)17-28-24-13-19-11-20(15-24)16-25(28)14-19;1-3-2;;;/h2*4-10,12,18-20,24-25,28H,11,13-17H2,1-3H3;1-2H3;2*1H;/q2*-1;;;;+2/p-2. The molecule has 0 aliphatic heterocycles. The average molecular weight is 1010 g/mol. The minimum atomic E-state index is 0. The van der Waals surface area contributed by atoms with Gasteiger partial charge in [0.05, 0.1) is 0 Å². The Morgan fingerprint density at radius 3 is 1.06 bits per heavy atom. The van der Waals surface area contributed by atoms with E-state index in [1.807, 2.05) is 0 Å². The zero-order valence-electron chi connectivity index (χ0n) is 41.4. The number of hydrogen-bond donors (Lipinski definition) is 0. The Kier molecular flexibility index (Phi) is 15.4. The Balaban J connectivity index is 0.000000162. The van der Waals surface area contributed by atoms with E-state index in [1.165, 1.54) is 119 Å². The van der Waals surface area contributed by atoms with Crippen molar-refractivity contribution in [2.24, 2.45) is 59.2 Å². The maximum absolute atomic E-state index is 2.52. The molecule has 14 rings (SSSR count). The van der Waals surface area contributed by atoms with Crippen LogP contribution in [0.25, 0.3) is 43.8 Å². The van der Waals surface area contributed by atoms with Gasteiger partial charge in [-0.3, -0.25) is 0 Å². The van der Waals surface area contributed by atoms with E-state index in [0.717, 1.165) is 59.2 Å². The van der Waals surface area contributed by atoms with Crippen molar-refractivity contribution in [3.63, 3.8) is 0 Å². The molecule has 0 amide bonds. The van der Waals surface area contributed by atoms with Crippen molar-refractivity contribution in [2.45, 2.75) is 143 Å². The van der Waals surface area contributed by atoms with Crippen molar-refractivity contribution in [2.75, 3.05) is 0 Å². The largest absolute Gasteiger partial charge is 1.00 e. The minimum Gasteiger partial charge on any atom is -1.00 e. The van der Waals surface area contributed by atoms with Crippen molar-refractivity contribution in [1.29, 1.82) is 0 Å². The Morgan fingerprint density at radius 2 is 0.773 bits per heavy atom. The first-order valence-corrected chi connectivity index (χ1v) is 31.9. The summed E-state index contributed by atoms with van der Waals surface area (Å²) in [4.78, 5) is 0. The molecule has 0 atom stereocenters. The van der Waals surface area contributed by atoms with E-state index in [4.69, 9.17) is 0 Å². The van der Waals surface area contributed by atoms with Crippen LogP contribution in [-0.2, 0) is 47.0 Å². The fraction of sp³-hybridized carbons (Fsp3) is 0.516. The molecule has 6 aromatic rings. The predicted molar refractivity (Wildman–Crippen MR) is 273 cm³/mol. The zero-order chi connectivity index (χ0) is 44.5. The number of fused-ring (bicyclic) bond motifs is 2. The molecule has 66 heavy (non-hydrogen) atoms. The van der Waals surface area contributed by atoms with Gasteiger partial charge in [0.15, 0.2) is 0 Å². The van der Waals surface area contributed by atoms with E-state index >= 15 is 0 Å². The molecule has 8 bridgehead atoms. The van der Waals surface area contributed by atoms with Crippen LogP contribution in [-0.4, -0.2) is 5.43 Å². The molecule has 0 saturated heterocycles. The van der Waals surface area contributed by atoms with Crippen LogP contribution in [0.2, 0.25) is 13.1 Å². The van der Waals surface area contributed by atoms with Crippen LogP contribution in [0.4, 0.5) is 0 Å². The molecule has 0 unspecified atom stereocenters. The van der Waals surface area contributed by atoms with Crippen LogP contribution in [0.1, 0.15) is 128 Å². The minimum absolute atomic E-state index is 0. The van der Waals surface area contributed by atoms with E-state index in [0.29, 0.717) is 0 Å². The summed E-state index contributed by atoms with van der Waals surface area (Å²) in [5.74, 6) is 10.3. The van der Waals surface area contributed by atoms with Crippen LogP contribution in [0.5, 0.6) is 0 Å². The SMILES string of the molecule is CC(C)(C)c1ccc(-c2cccc3[cH-]c(CC4C5CC6CC(C5)CC4C6)cc23)cc1.CC(C)(C)c1ccc(-c2cccc3[cH-]c(CC4C5CC6CC(C5)CC4C6)cc23)cc1.C[Si](C)=[Zr+2].[Cl-].[Cl-]. The van der Waals surface area contributed by atoms with Gasteiger partial charge in [-0.15, -0.1) is 69.1 Å². The van der Waals surface area contributed by atoms with Crippen LogP contribution in [0, 0.1) is 59.2 Å². The van der Waals surface area contributed by atoms with Gasteiger partial charge in [0.1, 0.15) is 0 Å². The summed E-state index contributed by atoms with van der Waals surface area (Å²) in [6.07, 6.45) is 18.0. The molecule has 0 radical (unpaired) electrons. The fourth-order valence-corrected chi connectivity index (χ4v) is 14.9. The quantitative estimate of drug-likeness (QED) is 0.115. The summed E-state index contributed by atoms with van der Waals surface area (Å²) in [5.41, 5.74) is 12.1. The predicted octanol–water partition coefficient (Wildman–Crippen LogP) is 11.1. The molecule has 0 spiro atoms. The van der Waals surface area contributed by atoms with E-state index in [2.05, 4.69) is 164 Å². The molecule has 8 aliphatic rings. The Hall–Kier alpha value is -2.22. The van der Waals surface area contributed by atoms with Crippen molar-refractivity contribution in [1.82, 2.24) is 0 Å². The Bertz CT molecular complexity index is 2360. The summed E-state index contributed by atoms with van der Waals surface area (Å²) < 4.78 is 0. The van der Waals surface area contributed by atoms with Gasteiger partial charge in [0.2, 0.25) is 0 Å². The van der Waals surface area contributed by atoms with E-state index < -0.39 is 0 Å². The Labute approximate surface area is 427 Å². The smallest absolute Gasteiger partial charge is 1.00 e. The zero-order valence-corrected chi connectivity index (χ0v) is 46.4. The molecule has 348 valence electrons. The van der Waals surface area contributed by atoms with Crippen LogP contribution in [0.3, 0.4) is 0 Å². The van der Waals surface area contributed by atoms with Crippen LogP contribution < -0.4 is 24.8 Å². The van der Waals surface area contributed by atoms with Gasteiger partial charge >= 0.3 is 41.9 Å². The molecule has 8 saturated carbocycles. The molecular formula is C62H76Cl2SiZr-2. The van der Waals surface area contributed by atoms with Gasteiger partial charge in [-0.25, -0.2) is 0 Å². The summed E-state index contributed by atoms with van der Waals surface area (Å²) >= 11 is 1.74. The van der Waals surface area contributed by atoms with Gasteiger partial charge in [-0.1, -0.05) is 113 Å². The second-order valence-electron chi connectivity index (χ2n) is 24.6. The molecule has 0 aromatic heterocycles. The molecule has 4 heteroatoms. The molecule has 0 nitrogen and oxygen atoms in total. The van der Waals surface area contributed by atoms with Crippen molar-refractivity contribution in [3.05, 3.63) is 131 Å². The molecular weight excluding hydrogens is 935 g/mol. The van der Waals surface area contributed by atoms with Crippen molar-refractivity contribution < 1.29 is 48.1 Å². The van der Waals surface area contributed by atoms with Gasteiger partial charge in [-0.05, 0) is 169 Å². The van der Waals surface area contributed by atoms with Crippen molar-refractivity contribution >= 4 is 27.0 Å². The average Bonchev–Trinajstić information content (AvgIpc) is 3.86. The molecule has 8 fully saturated rings. The first-order valence-electron chi connectivity index (χ1n) is 25.7. The summed E-state index contributed by atoms with van der Waals surface area (Å²) in [5, 5.41) is 5.73. The molecule has 0 heterocycles. The first kappa shape index (κ1) is 50.2. The van der Waals surface area contributed by atoms with E-state index in [9.17, 15) is 0 Å². The topological polar surface area (TPSA) is 0 Å². The van der Waals surface area contributed by atoms with Crippen molar-refractivity contribution in [3.8, 4) is 22.3 Å². The molecule has 0 N–H and O–H groups in total. The third kappa shape index (κ3) is 10.7. The molecule has 8 aliphatic carbocycles. The number of hydrogen-bond acceptors (Lipinski definition) is 0. The van der Waals surface area contributed by atoms with E-state index in [1.54, 1.807) is 47.3 Å². The summed E-state index contributed by atoms with van der Waals surface area (Å²) in [7, 11) is 0. The Morgan fingerprint density at radius 1 is 0.470 bits per heavy atom. The van der Waals surface area contributed by atoms with Gasteiger partial charge in [0.25, 0.3) is 0 Å². The molecule has 6 aromatic carbocycles. The van der Waals surface area contributed by atoms with E-state index in [-0.39, 0.29) is 41.1 Å². The third-order valence-electron chi connectivity index (χ3n) is 17.5. The second kappa shape index (κ2) is 20.2. The van der Waals surface area contributed by atoms with Crippen LogP contribution in [0.15, 0.2) is 109 Å². The fourth-order valence-electron chi connectivity index (χ4n) is 14.9. The first-order chi connectivity index (χ1) is 30.6. The second-order valence-corrected chi connectivity index (χ2v) is 34.0. The maximum Gasteiger partial charge on any atom is -1.00 e. The third-order valence-corrected chi connectivity index (χ3v) is 17.5. The maximum atomic E-state index is 2.52. The number of benzene rings is 4. The monoisotopic (exact) mass is 1010 g/mol. The van der Waals surface area contributed by atoms with Gasteiger partial charge in [-0.2, -0.15) is 12.1 Å². The normalized spacial score (nSPS) is 28.0. The summed E-state index contributed by atoms with van der Waals surface area (Å²) in [6, 6.07) is 42.3. The number of halogens is 2. The number of rotatable bonds is 6. The van der Waals surface area contributed by atoms with Crippen LogP contribution >= 0.6 is 0 Å².